The highest BCUT2D eigenvalue weighted by molar-refractivity contribution is 5.84. The van der Waals surface area contributed by atoms with Gasteiger partial charge in [-0.05, 0) is 32.6 Å². The fourth-order valence-electron chi connectivity index (χ4n) is 1.22. The molecule has 0 aliphatic carbocycles. The summed E-state index contributed by atoms with van der Waals surface area (Å²) in [6.07, 6.45) is 3.74. The van der Waals surface area contributed by atoms with E-state index in [4.69, 9.17) is 24.1 Å². The van der Waals surface area contributed by atoms with Gasteiger partial charge in [-0.15, -0.1) is 0 Å². The van der Waals surface area contributed by atoms with Gasteiger partial charge in [0.2, 0.25) is 0 Å². The van der Waals surface area contributed by atoms with Crippen LogP contribution in [0.15, 0.2) is 37.5 Å². The molecule has 0 aliphatic heterocycles. The summed E-state index contributed by atoms with van der Waals surface area (Å²) in [5.41, 5.74) is 0.176. The second-order valence-corrected chi connectivity index (χ2v) is 5.19. The summed E-state index contributed by atoms with van der Waals surface area (Å²) >= 11 is 0. The highest BCUT2D eigenvalue weighted by Crippen LogP contribution is 1.97. The molecule has 28 heavy (non-hydrogen) atoms. The lowest BCUT2D eigenvalue weighted by Gasteiger charge is -2.06. The molecule has 0 unspecified atom stereocenters. The quantitative estimate of drug-likeness (QED) is 0.215. The highest BCUT2D eigenvalue weighted by Gasteiger charge is 2.04. The lowest BCUT2D eigenvalue weighted by molar-refractivity contribution is -0.138. The van der Waals surface area contributed by atoms with E-state index in [0.29, 0.717) is 25.7 Å². The second kappa shape index (κ2) is 18.7. The number of carbonyl (C=O) groups excluding carboxylic acids is 3. The summed E-state index contributed by atoms with van der Waals surface area (Å²) in [4.78, 5) is 42.2. The number of carbonyl (C=O) groups is 4. The van der Waals surface area contributed by atoms with Crippen molar-refractivity contribution in [3.05, 3.63) is 37.5 Å². The Morgan fingerprint density at radius 2 is 1.04 bits per heavy atom. The summed E-state index contributed by atoms with van der Waals surface area (Å²) in [7, 11) is 0. The van der Waals surface area contributed by atoms with Crippen LogP contribution in [-0.4, -0.2) is 55.6 Å². The van der Waals surface area contributed by atoms with Gasteiger partial charge in [0.25, 0.3) is 0 Å². The second-order valence-electron chi connectivity index (χ2n) is 5.19. The van der Waals surface area contributed by atoms with Gasteiger partial charge in [0.15, 0.2) is 0 Å². The molecule has 0 aromatic carbocycles. The molecule has 0 saturated carbocycles. The Kier molecular flexibility index (Phi) is 18.1. The van der Waals surface area contributed by atoms with Crippen LogP contribution in [0.1, 0.15) is 32.6 Å². The third-order valence-corrected chi connectivity index (χ3v) is 2.70. The minimum Gasteiger partial charge on any atom is -0.478 e. The molecule has 0 amide bonds. The minimum atomic E-state index is -0.935. The largest absolute Gasteiger partial charge is 0.508 e. The summed E-state index contributed by atoms with van der Waals surface area (Å²) in [6.45, 7) is 12.0. The summed E-state index contributed by atoms with van der Waals surface area (Å²) < 4.78 is 19.1. The van der Waals surface area contributed by atoms with E-state index in [9.17, 15) is 19.2 Å². The van der Waals surface area contributed by atoms with Crippen LogP contribution < -0.4 is 0 Å². The summed E-state index contributed by atoms with van der Waals surface area (Å²) in [6, 6.07) is 0. The fraction of sp³-hybridized carbons (Fsp3) is 0.474. The summed E-state index contributed by atoms with van der Waals surface area (Å²) in [5, 5.41) is 7.89. The van der Waals surface area contributed by atoms with Crippen LogP contribution in [0.4, 0.5) is 4.79 Å². The molecular weight excluding hydrogens is 372 g/mol. The smallest absolute Gasteiger partial charge is 0.478 e. The predicted molar refractivity (Wildman–Crippen MR) is 101 cm³/mol. The molecule has 0 aliphatic rings. The molecule has 9 nitrogen and oxygen atoms in total. The van der Waals surface area contributed by atoms with Gasteiger partial charge in [0.05, 0.1) is 26.4 Å². The zero-order valence-corrected chi connectivity index (χ0v) is 16.1. The number of unbranched alkanes of at least 4 members (excludes halogenated alkanes) is 2. The van der Waals surface area contributed by atoms with Crippen molar-refractivity contribution >= 4 is 24.1 Å². The van der Waals surface area contributed by atoms with Crippen molar-refractivity contribution in [3.63, 3.8) is 0 Å². The summed E-state index contributed by atoms with van der Waals surface area (Å²) in [5.74, 6) is -1.88. The molecule has 9 heteroatoms. The standard InChI is InChI=1S/C15H22O7.C4H6O2/c1-3-13(16)19-9-5-7-11-21-15(18)22-12-8-6-10-20-14(17)4-2;1-3(2)4(5)6/h3-4H,1-2,5-12H2;1H2,2H3,(H,5,6). The van der Waals surface area contributed by atoms with Crippen molar-refractivity contribution in [2.24, 2.45) is 0 Å². The van der Waals surface area contributed by atoms with E-state index < -0.39 is 24.1 Å². The van der Waals surface area contributed by atoms with Gasteiger partial charge in [-0.1, -0.05) is 19.7 Å². The predicted octanol–water partition coefficient (Wildman–Crippen LogP) is 2.81. The zero-order chi connectivity index (χ0) is 21.8. The third-order valence-electron chi connectivity index (χ3n) is 2.70. The highest BCUT2D eigenvalue weighted by atomic mass is 16.7. The number of esters is 2. The van der Waals surface area contributed by atoms with E-state index >= 15 is 0 Å². The van der Waals surface area contributed by atoms with Crippen molar-refractivity contribution in [3.8, 4) is 0 Å². The van der Waals surface area contributed by atoms with Crippen molar-refractivity contribution in [1.29, 1.82) is 0 Å². The van der Waals surface area contributed by atoms with Crippen LogP contribution in [-0.2, 0) is 33.3 Å². The molecular formula is C19H28O9. The molecule has 0 rings (SSSR count). The molecule has 0 bridgehead atoms. The topological polar surface area (TPSA) is 125 Å². The maximum absolute atomic E-state index is 11.2. The average molecular weight is 400 g/mol. The molecule has 0 heterocycles. The molecule has 0 spiro atoms. The van der Waals surface area contributed by atoms with E-state index in [2.05, 4.69) is 19.7 Å². The monoisotopic (exact) mass is 400 g/mol. The SMILES string of the molecule is C=C(C)C(=O)O.C=CC(=O)OCCCCOC(=O)OCCCCOC(=O)C=C. The Morgan fingerprint density at radius 3 is 1.29 bits per heavy atom. The van der Waals surface area contributed by atoms with Gasteiger partial charge in [0.1, 0.15) is 0 Å². The first-order valence-corrected chi connectivity index (χ1v) is 8.51. The van der Waals surface area contributed by atoms with Gasteiger partial charge in [-0.3, -0.25) is 0 Å². The van der Waals surface area contributed by atoms with Crippen LogP contribution in [0.2, 0.25) is 0 Å². The first-order chi connectivity index (χ1) is 13.2. The van der Waals surface area contributed by atoms with E-state index in [1.54, 1.807) is 0 Å². The lowest BCUT2D eigenvalue weighted by Crippen LogP contribution is -2.11. The van der Waals surface area contributed by atoms with E-state index in [1.807, 2.05) is 0 Å². The van der Waals surface area contributed by atoms with Crippen molar-refractivity contribution in [2.75, 3.05) is 26.4 Å². The van der Waals surface area contributed by atoms with Crippen LogP contribution in [0.25, 0.3) is 0 Å². The number of hydrogen-bond donors (Lipinski definition) is 1. The van der Waals surface area contributed by atoms with Crippen molar-refractivity contribution in [2.45, 2.75) is 32.6 Å². The maximum Gasteiger partial charge on any atom is 0.508 e. The number of carboxylic acids is 1. The molecule has 0 aromatic heterocycles. The van der Waals surface area contributed by atoms with Gasteiger partial charge in [-0.2, -0.15) is 0 Å². The van der Waals surface area contributed by atoms with Crippen molar-refractivity contribution in [1.82, 2.24) is 0 Å². The molecule has 0 radical (unpaired) electrons. The minimum absolute atomic E-state index is 0.176. The maximum atomic E-state index is 11.2. The fourth-order valence-corrected chi connectivity index (χ4v) is 1.22. The van der Waals surface area contributed by atoms with Crippen molar-refractivity contribution < 1.29 is 43.2 Å². The van der Waals surface area contributed by atoms with Crippen LogP contribution in [0, 0.1) is 0 Å². The normalized spacial score (nSPS) is 9.04. The Morgan fingerprint density at radius 1 is 0.750 bits per heavy atom. The van der Waals surface area contributed by atoms with E-state index in [-0.39, 0.29) is 32.0 Å². The number of carboxylic acid groups (broad SMARTS) is 1. The molecule has 0 saturated heterocycles. The Bertz CT molecular complexity index is 492. The number of aliphatic carboxylic acids is 1. The molecule has 0 atom stereocenters. The number of ether oxygens (including phenoxy) is 4. The van der Waals surface area contributed by atoms with E-state index in [1.165, 1.54) is 6.92 Å². The van der Waals surface area contributed by atoms with Crippen LogP contribution in [0.3, 0.4) is 0 Å². The third kappa shape index (κ3) is 20.9. The molecule has 0 aromatic rings. The van der Waals surface area contributed by atoms with Gasteiger partial charge in [0, 0.05) is 17.7 Å². The van der Waals surface area contributed by atoms with E-state index in [0.717, 1.165) is 12.2 Å². The van der Waals surface area contributed by atoms with Gasteiger partial charge < -0.3 is 24.1 Å². The van der Waals surface area contributed by atoms with Crippen LogP contribution >= 0.6 is 0 Å². The zero-order valence-electron chi connectivity index (χ0n) is 16.1. The Labute approximate surface area is 164 Å². The average Bonchev–Trinajstić information content (AvgIpc) is 2.66. The Balaban J connectivity index is 0. The number of hydrogen-bond acceptors (Lipinski definition) is 8. The first kappa shape index (κ1) is 27.1. The van der Waals surface area contributed by atoms with Gasteiger partial charge >= 0.3 is 24.1 Å². The molecule has 1 N–H and O–H groups in total. The Hall–Kier alpha value is -3.10. The molecule has 158 valence electrons. The number of rotatable bonds is 13. The molecule has 0 fully saturated rings. The lowest BCUT2D eigenvalue weighted by atomic mass is 10.3. The van der Waals surface area contributed by atoms with Gasteiger partial charge in [-0.25, -0.2) is 19.2 Å². The van der Waals surface area contributed by atoms with Crippen LogP contribution in [0.5, 0.6) is 0 Å². The first-order valence-electron chi connectivity index (χ1n) is 8.51.